The Labute approximate surface area is 168 Å². The standard InChI is InChI=1S/C20H24ClN3O2S/c21-16-7-6-15(10-17(16)24-20(26)18-5-2-8-27-18)19(25)23-12-14-4-1-3-13(9-14)11-22/h2,5-8,10,13-14H,1,3-4,9,11-12,22H2,(H,23,25)(H,24,26). The van der Waals surface area contributed by atoms with Crippen LogP contribution in [-0.2, 0) is 0 Å². The molecule has 27 heavy (non-hydrogen) atoms. The molecule has 0 aliphatic heterocycles. The minimum absolute atomic E-state index is 0.159. The Kier molecular flexibility index (Phi) is 6.88. The molecule has 1 fully saturated rings. The number of rotatable bonds is 6. The zero-order valence-electron chi connectivity index (χ0n) is 15.0. The van der Waals surface area contributed by atoms with Crippen LogP contribution in [0.1, 0.15) is 45.7 Å². The van der Waals surface area contributed by atoms with Gasteiger partial charge in [-0.05, 0) is 67.3 Å². The van der Waals surface area contributed by atoms with Gasteiger partial charge in [0.1, 0.15) is 0 Å². The Morgan fingerprint density at radius 3 is 2.74 bits per heavy atom. The highest BCUT2D eigenvalue weighted by Crippen LogP contribution is 2.28. The average Bonchev–Trinajstić information content (AvgIpc) is 3.23. The molecule has 7 heteroatoms. The van der Waals surface area contributed by atoms with Crippen molar-refractivity contribution >= 4 is 40.4 Å². The van der Waals surface area contributed by atoms with Crippen LogP contribution in [0.4, 0.5) is 5.69 Å². The van der Waals surface area contributed by atoms with Crippen molar-refractivity contribution in [2.24, 2.45) is 17.6 Å². The molecule has 1 aliphatic rings. The van der Waals surface area contributed by atoms with E-state index in [-0.39, 0.29) is 11.8 Å². The number of nitrogens with one attached hydrogen (secondary N) is 2. The normalized spacial score (nSPS) is 19.5. The van der Waals surface area contributed by atoms with Crippen molar-refractivity contribution in [2.75, 3.05) is 18.4 Å². The predicted molar refractivity (Wildman–Crippen MR) is 111 cm³/mol. The molecule has 2 aromatic rings. The van der Waals surface area contributed by atoms with Crippen LogP contribution in [0.25, 0.3) is 0 Å². The smallest absolute Gasteiger partial charge is 0.265 e. The molecule has 144 valence electrons. The van der Waals surface area contributed by atoms with Crippen molar-refractivity contribution in [3.05, 3.63) is 51.2 Å². The molecule has 0 bridgehead atoms. The van der Waals surface area contributed by atoms with Crippen molar-refractivity contribution in [1.29, 1.82) is 0 Å². The van der Waals surface area contributed by atoms with Crippen molar-refractivity contribution in [3.63, 3.8) is 0 Å². The van der Waals surface area contributed by atoms with E-state index in [9.17, 15) is 9.59 Å². The van der Waals surface area contributed by atoms with Gasteiger partial charge >= 0.3 is 0 Å². The zero-order chi connectivity index (χ0) is 19.2. The lowest BCUT2D eigenvalue weighted by Crippen LogP contribution is -2.33. The molecule has 0 radical (unpaired) electrons. The van der Waals surface area contributed by atoms with E-state index in [1.165, 1.54) is 24.2 Å². The molecule has 2 atom stereocenters. The summed E-state index contributed by atoms with van der Waals surface area (Å²) >= 11 is 7.53. The first-order valence-corrected chi connectivity index (χ1v) is 10.4. The predicted octanol–water partition coefficient (Wildman–Crippen LogP) is 4.15. The second-order valence-corrected chi connectivity index (χ2v) is 8.33. The lowest BCUT2D eigenvalue weighted by Gasteiger charge is -2.28. The molecule has 2 unspecified atom stereocenters. The number of carbonyl (C=O) groups excluding carboxylic acids is 2. The van der Waals surface area contributed by atoms with Gasteiger partial charge in [0.2, 0.25) is 0 Å². The minimum atomic E-state index is -0.237. The molecule has 0 saturated heterocycles. The second-order valence-electron chi connectivity index (χ2n) is 6.97. The molecule has 4 N–H and O–H groups in total. The summed E-state index contributed by atoms with van der Waals surface area (Å²) in [5, 5.41) is 8.01. The van der Waals surface area contributed by atoms with Gasteiger partial charge in [0, 0.05) is 12.1 Å². The van der Waals surface area contributed by atoms with Crippen LogP contribution in [0.3, 0.4) is 0 Å². The fourth-order valence-electron chi connectivity index (χ4n) is 3.49. The van der Waals surface area contributed by atoms with E-state index < -0.39 is 0 Å². The van der Waals surface area contributed by atoms with Crippen LogP contribution < -0.4 is 16.4 Å². The molecule has 1 aliphatic carbocycles. The van der Waals surface area contributed by atoms with E-state index in [1.807, 2.05) is 11.4 Å². The van der Waals surface area contributed by atoms with Gasteiger partial charge in [0.05, 0.1) is 15.6 Å². The van der Waals surface area contributed by atoms with E-state index in [4.69, 9.17) is 17.3 Å². The first-order valence-electron chi connectivity index (χ1n) is 9.19. The number of hydrogen-bond donors (Lipinski definition) is 3. The third-order valence-corrected chi connectivity index (χ3v) is 6.20. The van der Waals surface area contributed by atoms with Crippen LogP contribution in [0.15, 0.2) is 35.7 Å². The fraction of sp³-hybridized carbons (Fsp3) is 0.400. The Bertz CT molecular complexity index is 795. The Hall–Kier alpha value is -1.89. The van der Waals surface area contributed by atoms with Crippen molar-refractivity contribution in [1.82, 2.24) is 5.32 Å². The molecule has 5 nitrogen and oxygen atoms in total. The first-order chi connectivity index (χ1) is 13.1. The molecule has 1 heterocycles. The number of anilines is 1. The summed E-state index contributed by atoms with van der Waals surface area (Å²) in [5.74, 6) is 0.643. The van der Waals surface area contributed by atoms with Crippen molar-refractivity contribution in [3.8, 4) is 0 Å². The Balaban J connectivity index is 1.61. The maximum atomic E-state index is 12.5. The van der Waals surface area contributed by atoms with Crippen LogP contribution in [0.2, 0.25) is 5.02 Å². The first kappa shape index (κ1) is 19.9. The molecule has 3 rings (SSSR count). The number of nitrogens with two attached hydrogens (primary N) is 1. The summed E-state index contributed by atoms with van der Waals surface area (Å²) in [6, 6.07) is 8.47. The molecule has 1 aromatic heterocycles. The molecule has 0 spiro atoms. The summed E-state index contributed by atoms with van der Waals surface area (Å²) in [6.07, 6.45) is 4.55. The number of halogens is 1. The van der Waals surface area contributed by atoms with Gasteiger partial charge in [-0.3, -0.25) is 9.59 Å². The highest BCUT2D eigenvalue weighted by molar-refractivity contribution is 7.12. The molecule has 1 aromatic carbocycles. The Morgan fingerprint density at radius 1 is 1.19 bits per heavy atom. The third-order valence-electron chi connectivity index (χ3n) is 5.00. The molecular weight excluding hydrogens is 382 g/mol. The van der Waals surface area contributed by atoms with Gasteiger partial charge in [0.25, 0.3) is 11.8 Å². The fourth-order valence-corrected chi connectivity index (χ4v) is 4.28. The topological polar surface area (TPSA) is 84.2 Å². The maximum Gasteiger partial charge on any atom is 0.265 e. The summed E-state index contributed by atoms with van der Waals surface area (Å²) in [5.41, 5.74) is 6.70. The number of thiophene rings is 1. The van der Waals surface area contributed by atoms with Crippen LogP contribution in [0.5, 0.6) is 0 Å². The quantitative estimate of drug-likeness (QED) is 0.674. The largest absolute Gasteiger partial charge is 0.352 e. The van der Waals surface area contributed by atoms with Gasteiger partial charge in [-0.25, -0.2) is 0 Å². The summed E-state index contributed by atoms with van der Waals surface area (Å²) < 4.78 is 0. The summed E-state index contributed by atoms with van der Waals surface area (Å²) in [7, 11) is 0. The van der Waals surface area contributed by atoms with E-state index in [0.717, 1.165) is 19.4 Å². The second kappa shape index (κ2) is 9.35. The van der Waals surface area contributed by atoms with E-state index >= 15 is 0 Å². The highest BCUT2D eigenvalue weighted by atomic mass is 35.5. The van der Waals surface area contributed by atoms with Gasteiger partial charge in [0.15, 0.2) is 0 Å². The molecule has 2 amide bonds. The number of hydrogen-bond acceptors (Lipinski definition) is 4. The van der Waals surface area contributed by atoms with Crippen molar-refractivity contribution in [2.45, 2.75) is 25.7 Å². The SMILES string of the molecule is NCC1CCCC(CNC(=O)c2ccc(Cl)c(NC(=O)c3cccs3)c2)C1. The van der Waals surface area contributed by atoms with Gasteiger partial charge in [-0.2, -0.15) is 0 Å². The van der Waals surface area contributed by atoms with Crippen LogP contribution in [-0.4, -0.2) is 24.9 Å². The van der Waals surface area contributed by atoms with Gasteiger partial charge in [-0.1, -0.05) is 24.1 Å². The minimum Gasteiger partial charge on any atom is -0.352 e. The summed E-state index contributed by atoms with van der Waals surface area (Å²) in [6.45, 7) is 1.36. The number of amides is 2. The van der Waals surface area contributed by atoms with E-state index in [2.05, 4.69) is 10.6 Å². The van der Waals surface area contributed by atoms with Gasteiger partial charge in [-0.15, -0.1) is 11.3 Å². The molecular formula is C20H24ClN3O2S. The van der Waals surface area contributed by atoms with Crippen LogP contribution in [0, 0.1) is 11.8 Å². The third kappa shape index (κ3) is 5.31. The highest BCUT2D eigenvalue weighted by Gasteiger charge is 2.21. The van der Waals surface area contributed by atoms with E-state index in [0.29, 0.717) is 39.5 Å². The summed E-state index contributed by atoms with van der Waals surface area (Å²) in [4.78, 5) is 25.3. The lowest BCUT2D eigenvalue weighted by molar-refractivity contribution is 0.0939. The van der Waals surface area contributed by atoms with E-state index in [1.54, 1.807) is 24.3 Å². The number of carbonyl (C=O) groups is 2. The zero-order valence-corrected chi connectivity index (χ0v) is 16.6. The lowest BCUT2D eigenvalue weighted by atomic mass is 9.81. The Morgan fingerprint density at radius 2 is 2.00 bits per heavy atom. The molecule has 1 saturated carbocycles. The maximum absolute atomic E-state index is 12.5. The number of benzene rings is 1. The van der Waals surface area contributed by atoms with Crippen LogP contribution >= 0.6 is 22.9 Å². The van der Waals surface area contributed by atoms with Gasteiger partial charge < -0.3 is 16.4 Å². The van der Waals surface area contributed by atoms with Crippen molar-refractivity contribution < 1.29 is 9.59 Å². The monoisotopic (exact) mass is 405 g/mol. The average molecular weight is 406 g/mol.